The molecular formula is C24H31N3O3S. The van der Waals surface area contributed by atoms with E-state index in [1.807, 2.05) is 48.5 Å². The third-order valence-electron chi connectivity index (χ3n) is 6.59. The average molecular weight is 442 g/mol. The lowest BCUT2D eigenvalue weighted by molar-refractivity contribution is 0.1000. The second-order valence-electron chi connectivity index (χ2n) is 8.94. The molecule has 6 nitrogen and oxygen atoms in total. The van der Waals surface area contributed by atoms with E-state index in [1.165, 1.54) is 5.56 Å². The van der Waals surface area contributed by atoms with Crippen molar-refractivity contribution in [3.05, 3.63) is 65.2 Å². The van der Waals surface area contributed by atoms with E-state index < -0.39 is 23.0 Å². The summed E-state index contributed by atoms with van der Waals surface area (Å²) >= 11 is 0. The van der Waals surface area contributed by atoms with Gasteiger partial charge in [0.2, 0.25) is 5.91 Å². The number of rotatable bonds is 7. The monoisotopic (exact) mass is 441 g/mol. The fraction of sp³-hybridized carbons (Fsp3) is 0.458. The molecule has 31 heavy (non-hydrogen) atoms. The Morgan fingerprint density at radius 1 is 1.16 bits per heavy atom. The van der Waals surface area contributed by atoms with Crippen molar-refractivity contribution in [3.8, 4) is 0 Å². The zero-order valence-electron chi connectivity index (χ0n) is 18.2. The number of amides is 1. The van der Waals surface area contributed by atoms with Crippen LogP contribution in [0.5, 0.6) is 0 Å². The number of benzene rings is 2. The van der Waals surface area contributed by atoms with E-state index in [0.717, 1.165) is 49.5 Å². The highest BCUT2D eigenvalue weighted by Gasteiger charge is 2.46. The average Bonchev–Trinajstić information content (AvgIpc) is 3.54. The molecule has 166 valence electrons. The van der Waals surface area contributed by atoms with Gasteiger partial charge in [-0.1, -0.05) is 24.3 Å². The van der Waals surface area contributed by atoms with Gasteiger partial charge in [0.15, 0.2) is 0 Å². The molecule has 2 fully saturated rings. The summed E-state index contributed by atoms with van der Waals surface area (Å²) in [6, 6.07) is 15.3. The second kappa shape index (κ2) is 8.82. The van der Waals surface area contributed by atoms with Gasteiger partial charge >= 0.3 is 0 Å². The van der Waals surface area contributed by atoms with E-state index >= 15 is 0 Å². The van der Waals surface area contributed by atoms with Gasteiger partial charge in [0.25, 0.3) is 0 Å². The summed E-state index contributed by atoms with van der Waals surface area (Å²) in [5.74, 6) is -0.394. The first-order valence-corrected chi connectivity index (χ1v) is 12.0. The highest BCUT2D eigenvalue weighted by atomic mass is 32.2. The van der Waals surface area contributed by atoms with Crippen LogP contribution in [-0.2, 0) is 16.4 Å². The van der Waals surface area contributed by atoms with Crippen LogP contribution in [0.4, 0.5) is 0 Å². The number of hydrogen-bond acceptors (Lipinski definition) is 4. The molecule has 1 aliphatic heterocycles. The van der Waals surface area contributed by atoms with Crippen LogP contribution in [0.15, 0.2) is 53.4 Å². The molecule has 3 unspecified atom stereocenters. The van der Waals surface area contributed by atoms with Gasteiger partial charge in [-0.2, -0.15) is 0 Å². The van der Waals surface area contributed by atoms with Crippen molar-refractivity contribution in [1.29, 1.82) is 0 Å². The molecule has 1 heterocycles. The lowest BCUT2D eigenvalue weighted by atomic mass is 9.93. The van der Waals surface area contributed by atoms with Crippen molar-refractivity contribution in [2.24, 2.45) is 5.73 Å². The van der Waals surface area contributed by atoms with Crippen LogP contribution in [0.3, 0.4) is 0 Å². The molecule has 0 radical (unpaired) electrons. The largest absolute Gasteiger partial charge is 0.389 e. The van der Waals surface area contributed by atoms with Gasteiger partial charge in [-0.25, -0.2) is 8.51 Å². The van der Waals surface area contributed by atoms with Crippen LogP contribution in [0.25, 0.3) is 0 Å². The summed E-state index contributed by atoms with van der Waals surface area (Å²) < 4.78 is 15.2. The third-order valence-corrected chi connectivity index (χ3v) is 8.23. The number of aliphatic hydroxyl groups is 1. The molecule has 4 rings (SSSR count). The number of aliphatic hydroxyl groups excluding tert-OH is 1. The molecule has 1 amide bonds. The molecule has 1 saturated carbocycles. The minimum Gasteiger partial charge on any atom is -0.389 e. The van der Waals surface area contributed by atoms with Gasteiger partial charge in [0, 0.05) is 43.2 Å². The zero-order valence-corrected chi connectivity index (χ0v) is 19.0. The molecule has 7 heteroatoms. The van der Waals surface area contributed by atoms with Crippen LogP contribution in [-0.4, -0.2) is 56.6 Å². The number of carbonyl (C=O) groups is 1. The Bertz CT molecular complexity index is 955. The maximum atomic E-state index is 13.1. The Morgan fingerprint density at radius 3 is 2.32 bits per heavy atom. The summed E-state index contributed by atoms with van der Waals surface area (Å²) in [5.41, 5.74) is 8.18. The highest BCUT2D eigenvalue weighted by Crippen LogP contribution is 2.49. The molecule has 2 aromatic carbocycles. The number of nitrogens with two attached hydrogens (primary N) is 1. The van der Waals surface area contributed by atoms with Crippen LogP contribution >= 0.6 is 0 Å². The normalized spacial score (nSPS) is 23.3. The second-order valence-corrected chi connectivity index (χ2v) is 10.4. The maximum absolute atomic E-state index is 13.1. The summed E-state index contributed by atoms with van der Waals surface area (Å²) in [4.78, 5) is 14.6. The van der Waals surface area contributed by atoms with E-state index in [1.54, 1.807) is 6.92 Å². The van der Waals surface area contributed by atoms with Crippen LogP contribution in [0.1, 0.15) is 54.3 Å². The SMILES string of the molecule is CC(O)c1ccc(S(=O)N2CCN(CC3(c4ccc(C(N)=O)cc4)CC3)CC2C)cc1. The molecule has 0 bridgehead atoms. The number of hydrogen-bond donors (Lipinski definition) is 2. The van der Waals surface area contributed by atoms with Gasteiger partial charge < -0.3 is 10.8 Å². The third kappa shape index (κ3) is 4.75. The van der Waals surface area contributed by atoms with Gasteiger partial charge in [-0.05, 0) is 62.1 Å². The lowest BCUT2D eigenvalue weighted by Crippen LogP contribution is -2.53. The van der Waals surface area contributed by atoms with E-state index in [0.29, 0.717) is 5.56 Å². The summed E-state index contributed by atoms with van der Waals surface area (Å²) in [6.07, 6.45) is 1.78. The molecule has 1 saturated heterocycles. The van der Waals surface area contributed by atoms with Crippen LogP contribution in [0.2, 0.25) is 0 Å². The zero-order chi connectivity index (χ0) is 22.2. The van der Waals surface area contributed by atoms with E-state index in [4.69, 9.17) is 5.73 Å². The first-order valence-electron chi connectivity index (χ1n) is 10.9. The Morgan fingerprint density at radius 2 is 1.81 bits per heavy atom. The molecule has 1 aliphatic carbocycles. The molecule has 2 aliphatic rings. The fourth-order valence-corrected chi connectivity index (χ4v) is 5.79. The number of nitrogens with zero attached hydrogens (tertiary/aromatic N) is 2. The van der Waals surface area contributed by atoms with Gasteiger partial charge in [0.05, 0.1) is 11.0 Å². The fourth-order valence-electron chi connectivity index (χ4n) is 4.51. The predicted molar refractivity (Wildman–Crippen MR) is 122 cm³/mol. The highest BCUT2D eigenvalue weighted by molar-refractivity contribution is 7.82. The first kappa shape index (κ1) is 22.1. The van der Waals surface area contributed by atoms with E-state index in [-0.39, 0.29) is 11.5 Å². The topological polar surface area (TPSA) is 86.9 Å². The van der Waals surface area contributed by atoms with Crippen molar-refractivity contribution >= 4 is 16.9 Å². The molecule has 3 atom stereocenters. The Labute approximate surface area is 186 Å². The van der Waals surface area contributed by atoms with E-state index in [2.05, 4.69) is 16.1 Å². The van der Waals surface area contributed by atoms with Crippen LogP contribution in [0, 0.1) is 0 Å². The molecule has 2 aromatic rings. The molecular weight excluding hydrogens is 410 g/mol. The summed E-state index contributed by atoms with van der Waals surface area (Å²) in [7, 11) is -1.21. The maximum Gasteiger partial charge on any atom is 0.248 e. The smallest absolute Gasteiger partial charge is 0.248 e. The Hall–Kier alpha value is -2.06. The van der Waals surface area contributed by atoms with Crippen molar-refractivity contribution in [3.63, 3.8) is 0 Å². The van der Waals surface area contributed by atoms with Crippen molar-refractivity contribution in [1.82, 2.24) is 9.21 Å². The Kier molecular flexibility index (Phi) is 6.30. The minimum absolute atomic E-state index is 0.161. The van der Waals surface area contributed by atoms with Crippen molar-refractivity contribution < 1.29 is 14.1 Å². The number of primary amides is 1. The Balaban J connectivity index is 1.38. The predicted octanol–water partition coefficient (Wildman–Crippen LogP) is 2.60. The van der Waals surface area contributed by atoms with E-state index in [9.17, 15) is 14.1 Å². The molecule has 0 spiro atoms. The molecule has 3 N–H and O–H groups in total. The van der Waals surface area contributed by atoms with Crippen LogP contribution < -0.4 is 5.73 Å². The minimum atomic E-state index is -1.21. The number of piperazine rings is 1. The van der Waals surface area contributed by atoms with Crippen molar-refractivity contribution in [2.75, 3.05) is 26.2 Å². The standard InChI is InChI=1S/C24H31N3O3S/c1-17-15-26(16-24(11-12-24)21-7-3-20(4-8-21)23(25)29)13-14-27(17)31(30)22-9-5-19(6-10-22)18(2)28/h3-10,17-18,28H,11-16H2,1-2H3,(H2,25,29). The van der Waals surface area contributed by atoms with Gasteiger partial charge in [-0.15, -0.1) is 0 Å². The van der Waals surface area contributed by atoms with Crippen molar-refractivity contribution in [2.45, 2.75) is 49.1 Å². The lowest BCUT2D eigenvalue weighted by Gasteiger charge is -2.40. The van der Waals surface area contributed by atoms with Gasteiger partial charge in [0.1, 0.15) is 11.0 Å². The van der Waals surface area contributed by atoms with Gasteiger partial charge in [-0.3, -0.25) is 9.69 Å². The number of carbonyl (C=O) groups excluding carboxylic acids is 1. The first-order chi connectivity index (χ1) is 14.8. The molecule has 0 aromatic heterocycles. The summed E-state index contributed by atoms with van der Waals surface area (Å²) in [5, 5.41) is 9.68. The summed E-state index contributed by atoms with van der Waals surface area (Å²) in [6.45, 7) is 7.35. The quantitative estimate of drug-likeness (QED) is 0.692.